The molecule has 2 aromatic heterocycles. The van der Waals surface area contributed by atoms with Gasteiger partial charge in [-0.25, -0.2) is 4.98 Å². The highest BCUT2D eigenvalue weighted by atomic mass is 32.1. The molecule has 1 N–H and O–H groups in total. The standard InChI is InChI=1S/C18H18N2O4S/c1-22-14-4-2-5-15(11-14)23-9-7-19-17(21)10-13-12-25-18(20-13)16-6-3-8-24-16/h2-6,8,11-12H,7,9-10H2,1H3,(H,19,21). The highest BCUT2D eigenvalue weighted by molar-refractivity contribution is 7.13. The van der Waals surface area contributed by atoms with Crippen molar-refractivity contribution < 1.29 is 18.7 Å². The molecule has 0 spiro atoms. The van der Waals surface area contributed by atoms with Gasteiger partial charge < -0.3 is 19.2 Å². The Morgan fingerprint density at radius 2 is 2.16 bits per heavy atom. The highest BCUT2D eigenvalue weighted by Crippen LogP contribution is 2.24. The maximum absolute atomic E-state index is 12.0. The predicted octanol–water partition coefficient (Wildman–Crippen LogP) is 3.15. The van der Waals surface area contributed by atoms with E-state index >= 15 is 0 Å². The van der Waals surface area contributed by atoms with Crippen LogP contribution in [0.1, 0.15) is 5.69 Å². The number of furan rings is 1. The summed E-state index contributed by atoms with van der Waals surface area (Å²) in [6.07, 6.45) is 1.84. The molecule has 7 heteroatoms. The summed E-state index contributed by atoms with van der Waals surface area (Å²) in [5.74, 6) is 2.06. The van der Waals surface area contributed by atoms with Crippen LogP contribution in [0.5, 0.6) is 11.5 Å². The summed E-state index contributed by atoms with van der Waals surface area (Å²) in [5.41, 5.74) is 0.725. The van der Waals surface area contributed by atoms with Gasteiger partial charge in [0, 0.05) is 11.4 Å². The number of nitrogens with one attached hydrogen (secondary N) is 1. The van der Waals surface area contributed by atoms with Crippen LogP contribution in [0.25, 0.3) is 10.8 Å². The van der Waals surface area contributed by atoms with Gasteiger partial charge in [-0.15, -0.1) is 11.3 Å². The zero-order valence-electron chi connectivity index (χ0n) is 13.7. The average Bonchev–Trinajstić information content (AvgIpc) is 3.30. The van der Waals surface area contributed by atoms with Crippen LogP contribution in [0.15, 0.2) is 52.5 Å². The molecule has 3 aromatic rings. The summed E-state index contributed by atoms with van der Waals surface area (Å²) < 4.78 is 16.0. The Balaban J connectivity index is 1.41. The number of thiazole rings is 1. The van der Waals surface area contributed by atoms with Gasteiger partial charge in [-0.05, 0) is 24.3 Å². The van der Waals surface area contributed by atoms with E-state index in [1.165, 1.54) is 11.3 Å². The molecule has 3 rings (SSSR count). The third kappa shape index (κ3) is 4.84. The molecule has 0 unspecified atom stereocenters. The first kappa shape index (κ1) is 17.0. The van der Waals surface area contributed by atoms with Crippen molar-refractivity contribution in [2.45, 2.75) is 6.42 Å². The van der Waals surface area contributed by atoms with Gasteiger partial charge >= 0.3 is 0 Å². The van der Waals surface area contributed by atoms with E-state index in [0.717, 1.165) is 16.5 Å². The zero-order chi connectivity index (χ0) is 17.5. The number of nitrogens with zero attached hydrogens (tertiary/aromatic N) is 1. The fraction of sp³-hybridized carbons (Fsp3) is 0.222. The summed E-state index contributed by atoms with van der Waals surface area (Å²) in [6.45, 7) is 0.804. The largest absolute Gasteiger partial charge is 0.497 e. The minimum Gasteiger partial charge on any atom is -0.497 e. The van der Waals surface area contributed by atoms with Gasteiger partial charge in [-0.1, -0.05) is 6.07 Å². The van der Waals surface area contributed by atoms with E-state index in [4.69, 9.17) is 13.9 Å². The topological polar surface area (TPSA) is 73.6 Å². The van der Waals surface area contributed by atoms with Gasteiger partial charge in [0.2, 0.25) is 5.91 Å². The van der Waals surface area contributed by atoms with Crippen LogP contribution in [0.4, 0.5) is 0 Å². The normalized spacial score (nSPS) is 10.4. The monoisotopic (exact) mass is 358 g/mol. The summed E-state index contributed by atoms with van der Waals surface area (Å²) >= 11 is 1.46. The molecule has 1 amide bonds. The Bertz CT molecular complexity index is 814. The predicted molar refractivity (Wildman–Crippen MR) is 95.0 cm³/mol. The number of benzene rings is 1. The Morgan fingerprint density at radius 3 is 2.96 bits per heavy atom. The average molecular weight is 358 g/mol. The molecule has 130 valence electrons. The van der Waals surface area contributed by atoms with E-state index in [1.807, 2.05) is 35.7 Å². The van der Waals surface area contributed by atoms with Crippen molar-refractivity contribution in [2.75, 3.05) is 20.3 Å². The number of hydrogen-bond donors (Lipinski definition) is 1. The molecule has 0 radical (unpaired) electrons. The van der Waals surface area contributed by atoms with Crippen LogP contribution in [-0.4, -0.2) is 31.2 Å². The second kappa shape index (κ2) is 8.34. The Hall–Kier alpha value is -2.80. The highest BCUT2D eigenvalue weighted by Gasteiger charge is 2.10. The van der Waals surface area contributed by atoms with E-state index in [0.29, 0.717) is 24.7 Å². The molecule has 0 aliphatic rings. The molecule has 0 saturated carbocycles. The van der Waals surface area contributed by atoms with Crippen LogP contribution < -0.4 is 14.8 Å². The van der Waals surface area contributed by atoms with Gasteiger partial charge in [0.05, 0.1) is 32.0 Å². The molecule has 6 nitrogen and oxygen atoms in total. The van der Waals surface area contributed by atoms with Crippen LogP contribution in [0.2, 0.25) is 0 Å². The first-order valence-corrected chi connectivity index (χ1v) is 8.64. The Kier molecular flexibility index (Phi) is 5.69. The summed E-state index contributed by atoms with van der Waals surface area (Å²) in [5, 5.41) is 5.46. The number of aromatic nitrogens is 1. The molecule has 0 aliphatic carbocycles. The summed E-state index contributed by atoms with van der Waals surface area (Å²) in [4.78, 5) is 16.4. The first-order chi connectivity index (χ1) is 12.2. The molecular formula is C18H18N2O4S. The lowest BCUT2D eigenvalue weighted by atomic mass is 10.3. The van der Waals surface area contributed by atoms with Crippen LogP contribution in [-0.2, 0) is 11.2 Å². The molecular weight excluding hydrogens is 340 g/mol. The van der Waals surface area contributed by atoms with Crippen LogP contribution in [0, 0.1) is 0 Å². The maximum atomic E-state index is 12.0. The van der Waals surface area contributed by atoms with Gasteiger partial charge in [-0.2, -0.15) is 0 Å². The van der Waals surface area contributed by atoms with E-state index < -0.39 is 0 Å². The maximum Gasteiger partial charge on any atom is 0.226 e. The fourth-order valence-corrected chi connectivity index (χ4v) is 2.96. The molecule has 0 bridgehead atoms. The fourth-order valence-electron chi connectivity index (χ4n) is 2.18. The van der Waals surface area contributed by atoms with Gasteiger partial charge in [0.15, 0.2) is 10.8 Å². The van der Waals surface area contributed by atoms with Gasteiger partial charge in [-0.3, -0.25) is 4.79 Å². The summed E-state index contributed by atoms with van der Waals surface area (Å²) in [6, 6.07) is 11.0. The minimum atomic E-state index is -0.0921. The second-order valence-corrected chi connectivity index (χ2v) is 6.03. The van der Waals surface area contributed by atoms with E-state index in [9.17, 15) is 4.79 Å². The number of carbonyl (C=O) groups excluding carboxylic acids is 1. The molecule has 1 aromatic carbocycles. The lowest BCUT2D eigenvalue weighted by Crippen LogP contribution is -2.29. The quantitative estimate of drug-likeness (QED) is 0.626. The third-order valence-electron chi connectivity index (χ3n) is 3.36. The lowest BCUT2D eigenvalue weighted by Gasteiger charge is -2.08. The number of ether oxygens (including phenoxy) is 2. The van der Waals surface area contributed by atoms with E-state index in [1.54, 1.807) is 19.4 Å². The zero-order valence-corrected chi connectivity index (χ0v) is 14.5. The van der Waals surface area contributed by atoms with Crippen molar-refractivity contribution in [3.8, 4) is 22.3 Å². The lowest BCUT2D eigenvalue weighted by molar-refractivity contribution is -0.120. The number of rotatable bonds is 8. The minimum absolute atomic E-state index is 0.0921. The van der Waals surface area contributed by atoms with Crippen molar-refractivity contribution in [1.29, 1.82) is 0 Å². The molecule has 0 aliphatic heterocycles. The third-order valence-corrected chi connectivity index (χ3v) is 4.27. The number of hydrogen-bond acceptors (Lipinski definition) is 6. The number of amides is 1. The smallest absolute Gasteiger partial charge is 0.226 e. The molecule has 25 heavy (non-hydrogen) atoms. The molecule has 0 saturated heterocycles. The first-order valence-electron chi connectivity index (χ1n) is 7.76. The number of carbonyl (C=O) groups is 1. The van der Waals surface area contributed by atoms with Crippen molar-refractivity contribution in [2.24, 2.45) is 0 Å². The number of methoxy groups -OCH3 is 1. The van der Waals surface area contributed by atoms with E-state index in [-0.39, 0.29) is 12.3 Å². The van der Waals surface area contributed by atoms with Crippen LogP contribution >= 0.6 is 11.3 Å². The SMILES string of the molecule is COc1cccc(OCCNC(=O)Cc2csc(-c3ccco3)n2)c1. The molecule has 0 atom stereocenters. The Labute approximate surface area is 149 Å². The van der Waals surface area contributed by atoms with Crippen LogP contribution in [0.3, 0.4) is 0 Å². The molecule has 0 fully saturated rings. The van der Waals surface area contributed by atoms with Gasteiger partial charge in [0.25, 0.3) is 0 Å². The second-order valence-electron chi connectivity index (χ2n) is 5.18. The Morgan fingerprint density at radius 1 is 1.28 bits per heavy atom. The summed E-state index contributed by atoms with van der Waals surface area (Å²) in [7, 11) is 1.61. The van der Waals surface area contributed by atoms with E-state index in [2.05, 4.69) is 10.3 Å². The van der Waals surface area contributed by atoms with Crippen molar-refractivity contribution in [3.05, 3.63) is 53.7 Å². The van der Waals surface area contributed by atoms with Crippen molar-refractivity contribution >= 4 is 17.2 Å². The van der Waals surface area contributed by atoms with Gasteiger partial charge in [0.1, 0.15) is 18.1 Å². The van der Waals surface area contributed by atoms with Crippen molar-refractivity contribution in [1.82, 2.24) is 10.3 Å². The van der Waals surface area contributed by atoms with Crippen molar-refractivity contribution in [3.63, 3.8) is 0 Å². The molecule has 2 heterocycles.